The Morgan fingerprint density at radius 3 is 2.14 bits per heavy atom. The lowest BCUT2D eigenvalue weighted by Gasteiger charge is -2.08. The maximum Gasteiger partial charge on any atom is 0.233 e. The van der Waals surface area contributed by atoms with E-state index in [4.69, 9.17) is 11.6 Å². The Labute approximate surface area is 142 Å². The van der Waals surface area contributed by atoms with E-state index >= 15 is 0 Å². The molecule has 0 bridgehead atoms. The van der Waals surface area contributed by atoms with Crippen LogP contribution in [0.1, 0.15) is 12.0 Å². The van der Waals surface area contributed by atoms with Crippen molar-refractivity contribution >= 4 is 50.7 Å². The van der Waals surface area contributed by atoms with Gasteiger partial charge in [0, 0.05) is 20.9 Å². The first-order valence-corrected chi connectivity index (χ1v) is 7.72. The van der Waals surface area contributed by atoms with Crippen LogP contribution in [0.5, 0.6) is 0 Å². The summed E-state index contributed by atoms with van der Waals surface area (Å²) in [5, 5.41) is 5.91. The van der Waals surface area contributed by atoms with Crippen molar-refractivity contribution in [3.63, 3.8) is 0 Å². The van der Waals surface area contributed by atoms with Gasteiger partial charge in [0.2, 0.25) is 11.8 Å². The van der Waals surface area contributed by atoms with Gasteiger partial charge < -0.3 is 10.6 Å². The molecule has 0 aromatic heterocycles. The fourth-order valence-corrected chi connectivity index (χ4v) is 2.26. The van der Waals surface area contributed by atoms with Gasteiger partial charge in [0.15, 0.2) is 0 Å². The number of carbonyl (C=O) groups excluding carboxylic acids is 2. The van der Waals surface area contributed by atoms with Gasteiger partial charge in [-0.2, -0.15) is 0 Å². The topological polar surface area (TPSA) is 58.2 Å². The number of benzene rings is 2. The van der Waals surface area contributed by atoms with Crippen molar-refractivity contribution in [2.45, 2.75) is 13.3 Å². The van der Waals surface area contributed by atoms with Crippen LogP contribution in [-0.4, -0.2) is 11.8 Å². The summed E-state index contributed by atoms with van der Waals surface area (Å²) < 4.78 is 0.899. The standard InChI is InChI=1S/C16H14BrClN2O2/c1-10-2-5-13(8-14(10)17)20-16(22)9-15(21)19-12-6-3-11(18)4-7-12/h2-8H,9H2,1H3,(H,19,21)(H,20,22). The lowest BCUT2D eigenvalue weighted by Crippen LogP contribution is -2.21. The van der Waals surface area contributed by atoms with Crippen LogP contribution in [-0.2, 0) is 9.59 Å². The second-order valence-corrected chi connectivity index (χ2v) is 6.03. The average Bonchev–Trinajstić information content (AvgIpc) is 2.45. The largest absolute Gasteiger partial charge is 0.326 e. The highest BCUT2D eigenvalue weighted by Gasteiger charge is 2.10. The third-order valence-electron chi connectivity index (χ3n) is 2.90. The Bertz CT molecular complexity index is 702. The molecule has 0 unspecified atom stereocenters. The van der Waals surface area contributed by atoms with Gasteiger partial charge in [0.05, 0.1) is 0 Å². The van der Waals surface area contributed by atoms with E-state index in [-0.39, 0.29) is 18.2 Å². The van der Waals surface area contributed by atoms with Gasteiger partial charge in [-0.15, -0.1) is 0 Å². The number of carbonyl (C=O) groups is 2. The Kier molecular flexibility index (Phi) is 5.57. The van der Waals surface area contributed by atoms with E-state index < -0.39 is 0 Å². The summed E-state index contributed by atoms with van der Waals surface area (Å²) in [5.74, 6) is -0.756. The monoisotopic (exact) mass is 380 g/mol. The maximum absolute atomic E-state index is 11.9. The molecule has 2 rings (SSSR count). The molecule has 0 saturated carbocycles. The van der Waals surface area contributed by atoms with Gasteiger partial charge in [0.25, 0.3) is 0 Å². The molecule has 114 valence electrons. The van der Waals surface area contributed by atoms with Gasteiger partial charge >= 0.3 is 0 Å². The molecule has 0 radical (unpaired) electrons. The third-order valence-corrected chi connectivity index (χ3v) is 4.01. The predicted octanol–water partition coefficient (Wildman–Crippen LogP) is 4.38. The van der Waals surface area contributed by atoms with Crippen LogP contribution < -0.4 is 10.6 Å². The lowest BCUT2D eigenvalue weighted by atomic mass is 10.2. The summed E-state index contributed by atoms with van der Waals surface area (Å²) in [4.78, 5) is 23.7. The summed E-state index contributed by atoms with van der Waals surface area (Å²) >= 11 is 9.16. The molecule has 2 N–H and O–H groups in total. The van der Waals surface area contributed by atoms with Gasteiger partial charge in [-0.05, 0) is 48.9 Å². The van der Waals surface area contributed by atoms with Crippen LogP contribution in [0.25, 0.3) is 0 Å². The number of nitrogens with one attached hydrogen (secondary N) is 2. The van der Waals surface area contributed by atoms with Crippen LogP contribution >= 0.6 is 27.5 Å². The first-order valence-electron chi connectivity index (χ1n) is 6.55. The molecule has 6 heteroatoms. The van der Waals surface area contributed by atoms with Crippen LogP contribution in [0.4, 0.5) is 11.4 Å². The molecule has 2 aromatic carbocycles. The van der Waals surface area contributed by atoms with E-state index in [2.05, 4.69) is 26.6 Å². The highest BCUT2D eigenvalue weighted by Crippen LogP contribution is 2.20. The summed E-state index contributed by atoms with van der Waals surface area (Å²) in [6.45, 7) is 1.95. The molecular formula is C16H14BrClN2O2. The van der Waals surface area contributed by atoms with Crippen molar-refractivity contribution in [1.29, 1.82) is 0 Å². The van der Waals surface area contributed by atoms with Crippen molar-refractivity contribution in [3.8, 4) is 0 Å². The van der Waals surface area contributed by atoms with Crippen molar-refractivity contribution in [2.75, 3.05) is 10.6 Å². The first kappa shape index (κ1) is 16.5. The SMILES string of the molecule is Cc1ccc(NC(=O)CC(=O)Nc2ccc(Cl)cc2)cc1Br. The van der Waals surface area contributed by atoms with Gasteiger partial charge in [-0.3, -0.25) is 9.59 Å². The smallest absolute Gasteiger partial charge is 0.233 e. The number of amides is 2. The molecule has 0 fully saturated rings. The zero-order valence-electron chi connectivity index (χ0n) is 11.8. The van der Waals surface area contributed by atoms with Crippen molar-refractivity contribution < 1.29 is 9.59 Å². The normalized spacial score (nSPS) is 10.1. The zero-order valence-corrected chi connectivity index (χ0v) is 14.2. The third kappa shape index (κ3) is 4.86. The molecule has 0 spiro atoms. The van der Waals surface area contributed by atoms with Gasteiger partial charge in [-0.1, -0.05) is 33.6 Å². The Morgan fingerprint density at radius 1 is 1.00 bits per heavy atom. The molecule has 2 amide bonds. The number of anilines is 2. The second kappa shape index (κ2) is 7.42. The minimum Gasteiger partial charge on any atom is -0.326 e. The molecule has 0 aliphatic heterocycles. The highest BCUT2D eigenvalue weighted by atomic mass is 79.9. The zero-order chi connectivity index (χ0) is 16.1. The molecule has 0 aliphatic carbocycles. The number of hydrogen-bond acceptors (Lipinski definition) is 2. The van der Waals surface area contributed by atoms with Crippen molar-refractivity contribution in [1.82, 2.24) is 0 Å². The van der Waals surface area contributed by atoms with Crippen molar-refractivity contribution in [3.05, 3.63) is 57.5 Å². The van der Waals surface area contributed by atoms with E-state index in [0.29, 0.717) is 16.4 Å². The molecule has 0 heterocycles. The molecule has 22 heavy (non-hydrogen) atoms. The molecule has 0 atom stereocenters. The number of halogens is 2. The van der Waals surface area contributed by atoms with E-state index in [1.54, 1.807) is 36.4 Å². The summed E-state index contributed by atoms with van der Waals surface area (Å²) in [6.07, 6.45) is -0.256. The van der Waals surface area contributed by atoms with E-state index in [0.717, 1.165) is 10.0 Å². The fourth-order valence-electron chi connectivity index (χ4n) is 1.76. The van der Waals surface area contributed by atoms with E-state index in [9.17, 15) is 9.59 Å². The van der Waals surface area contributed by atoms with Crippen molar-refractivity contribution in [2.24, 2.45) is 0 Å². The fraction of sp³-hybridized carbons (Fsp3) is 0.125. The number of rotatable bonds is 4. The summed E-state index contributed by atoms with van der Waals surface area (Å²) in [7, 11) is 0. The lowest BCUT2D eigenvalue weighted by molar-refractivity contribution is -0.123. The van der Waals surface area contributed by atoms with Gasteiger partial charge in [-0.25, -0.2) is 0 Å². The van der Waals surface area contributed by atoms with E-state index in [1.807, 2.05) is 13.0 Å². The quantitative estimate of drug-likeness (QED) is 0.772. The predicted molar refractivity (Wildman–Crippen MR) is 92.2 cm³/mol. The van der Waals surface area contributed by atoms with Crippen LogP contribution in [0.2, 0.25) is 5.02 Å². The van der Waals surface area contributed by atoms with E-state index in [1.165, 1.54) is 0 Å². The molecule has 2 aromatic rings. The Hall–Kier alpha value is -1.85. The molecule has 0 saturated heterocycles. The second-order valence-electron chi connectivity index (χ2n) is 4.74. The summed E-state index contributed by atoms with van der Waals surface area (Å²) in [6, 6.07) is 12.2. The Balaban J connectivity index is 1.89. The van der Waals surface area contributed by atoms with Gasteiger partial charge in [0.1, 0.15) is 6.42 Å². The minimum atomic E-state index is -0.383. The summed E-state index contributed by atoms with van der Waals surface area (Å²) in [5.41, 5.74) is 2.31. The minimum absolute atomic E-state index is 0.256. The number of hydrogen-bond donors (Lipinski definition) is 2. The average molecular weight is 382 g/mol. The highest BCUT2D eigenvalue weighted by molar-refractivity contribution is 9.10. The number of aryl methyl sites for hydroxylation is 1. The molecule has 4 nitrogen and oxygen atoms in total. The van der Waals surface area contributed by atoms with Crippen LogP contribution in [0.3, 0.4) is 0 Å². The molecule has 0 aliphatic rings. The first-order chi connectivity index (χ1) is 10.4. The van der Waals surface area contributed by atoms with Crippen LogP contribution in [0.15, 0.2) is 46.9 Å². The Morgan fingerprint density at radius 2 is 1.55 bits per heavy atom. The molecular weight excluding hydrogens is 368 g/mol. The maximum atomic E-state index is 11.9. The van der Waals surface area contributed by atoms with Crippen LogP contribution in [0, 0.1) is 6.92 Å².